The third-order valence-electron chi connectivity index (χ3n) is 10.3. The molecule has 0 bridgehead atoms. The molecule has 7 nitrogen and oxygen atoms in total. The maximum Gasteiger partial charge on any atom is 0.337 e. The van der Waals surface area contributed by atoms with Crippen LogP contribution in [-0.4, -0.2) is 46.9 Å². The Balaban J connectivity index is 1.36. The minimum atomic E-state index is -0.459. The first-order valence-corrected chi connectivity index (χ1v) is 18.2. The summed E-state index contributed by atoms with van der Waals surface area (Å²) in [4.78, 5) is 35.6. The van der Waals surface area contributed by atoms with E-state index in [1.165, 1.54) is 7.11 Å². The molecule has 1 fully saturated rings. The van der Waals surface area contributed by atoms with Gasteiger partial charge in [0, 0.05) is 44.9 Å². The predicted molar refractivity (Wildman–Crippen MR) is 205 cm³/mol. The highest BCUT2D eigenvalue weighted by Gasteiger charge is 2.39. The Bertz CT molecular complexity index is 2220. The van der Waals surface area contributed by atoms with Gasteiger partial charge in [0.25, 0.3) is 5.91 Å². The largest absolute Gasteiger partial charge is 0.465 e. The van der Waals surface area contributed by atoms with E-state index in [0.29, 0.717) is 33.5 Å². The van der Waals surface area contributed by atoms with Gasteiger partial charge in [-0.15, -0.1) is 0 Å². The van der Waals surface area contributed by atoms with Crippen molar-refractivity contribution in [1.82, 2.24) is 14.8 Å². The van der Waals surface area contributed by atoms with E-state index in [4.69, 9.17) is 27.9 Å². The van der Waals surface area contributed by atoms with Crippen LogP contribution in [-0.2, 0) is 11.3 Å². The number of carbonyl (C=O) groups is 2. The van der Waals surface area contributed by atoms with E-state index in [1.807, 2.05) is 36.4 Å². The van der Waals surface area contributed by atoms with Crippen molar-refractivity contribution < 1.29 is 14.3 Å². The number of fused-ring (bicyclic) bond motifs is 2. The molecule has 0 aliphatic carbocycles. The van der Waals surface area contributed by atoms with Gasteiger partial charge in [-0.1, -0.05) is 84.7 Å². The zero-order valence-corrected chi connectivity index (χ0v) is 30.0. The van der Waals surface area contributed by atoms with Crippen LogP contribution in [0.2, 0.25) is 10.0 Å². The summed E-state index contributed by atoms with van der Waals surface area (Å²) in [6.45, 7) is 4.89. The second-order valence-corrected chi connectivity index (χ2v) is 14.5. The summed E-state index contributed by atoms with van der Waals surface area (Å²) in [5.41, 5.74) is 9.17. The maximum atomic E-state index is 14.8. The molecule has 1 saturated heterocycles. The fourth-order valence-corrected chi connectivity index (χ4v) is 8.34. The number of anilines is 1. The molecule has 1 aromatic heterocycles. The number of esters is 1. The van der Waals surface area contributed by atoms with E-state index in [0.717, 1.165) is 82.3 Å². The van der Waals surface area contributed by atoms with Crippen LogP contribution in [0.3, 0.4) is 0 Å². The Kier molecular flexibility index (Phi) is 8.96. The lowest BCUT2D eigenvalue weighted by atomic mass is 9.82. The standard InChI is InChI=1S/C42H38Cl2N4O3/c1-25-9-8-20-48-39(27-14-16-30(43)17-15-27)32-22-31(44)23-34-36(32)37(40(48)35(25)26-10-4-3-5-11-26)38(45-34)41(49)46-33-21-28(42(50)51-2)12-13-29(33)24-47-18-6-7-19-47/h3-5,8,10-17,20-23,25,39,45H,6-7,9,18-19,24H2,1-2H3,(H,46,49). The summed E-state index contributed by atoms with van der Waals surface area (Å²) in [6.07, 6.45) is 7.48. The number of carbonyl (C=O) groups excluding carboxylic acids is 2. The highest BCUT2D eigenvalue weighted by Crippen LogP contribution is 2.53. The van der Waals surface area contributed by atoms with Gasteiger partial charge < -0.3 is 19.9 Å². The van der Waals surface area contributed by atoms with Crippen molar-refractivity contribution in [3.63, 3.8) is 0 Å². The summed E-state index contributed by atoms with van der Waals surface area (Å²) in [5.74, 6) is -0.620. The molecule has 9 heteroatoms. The van der Waals surface area contributed by atoms with Crippen molar-refractivity contribution in [2.45, 2.75) is 38.8 Å². The Morgan fingerprint density at radius 3 is 2.45 bits per heavy atom. The zero-order valence-electron chi connectivity index (χ0n) is 28.5. The van der Waals surface area contributed by atoms with E-state index in [-0.39, 0.29) is 17.9 Å². The molecular formula is C42H38Cl2N4O3. The number of likely N-dealkylation sites (tertiary alicyclic amines) is 1. The number of nitrogens with one attached hydrogen (secondary N) is 2. The van der Waals surface area contributed by atoms with Gasteiger partial charge in [0.05, 0.1) is 24.4 Å². The van der Waals surface area contributed by atoms with E-state index in [1.54, 1.807) is 12.1 Å². The number of aromatic amines is 1. The van der Waals surface area contributed by atoms with Gasteiger partial charge in [0.1, 0.15) is 5.69 Å². The third-order valence-corrected chi connectivity index (χ3v) is 10.8. The molecule has 4 heterocycles. The molecule has 3 aliphatic heterocycles. The normalized spacial score (nSPS) is 18.5. The number of aromatic nitrogens is 1. The predicted octanol–water partition coefficient (Wildman–Crippen LogP) is 9.94. The van der Waals surface area contributed by atoms with Crippen molar-refractivity contribution in [2.75, 3.05) is 25.5 Å². The Morgan fingerprint density at radius 1 is 0.941 bits per heavy atom. The fraction of sp³-hybridized carbons (Fsp3) is 0.238. The average molecular weight is 718 g/mol. The van der Waals surface area contributed by atoms with Gasteiger partial charge in [-0.05, 0) is 102 Å². The maximum absolute atomic E-state index is 14.8. The zero-order chi connectivity index (χ0) is 35.2. The number of ether oxygens (including phenoxy) is 1. The van der Waals surface area contributed by atoms with Crippen LogP contribution in [0.15, 0.2) is 97.2 Å². The Hall–Kier alpha value is -4.82. The summed E-state index contributed by atoms with van der Waals surface area (Å²) in [5, 5.41) is 5.41. The molecule has 0 radical (unpaired) electrons. The van der Waals surface area contributed by atoms with E-state index < -0.39 is 5.97 Å². The Morgan fingerprint density at radius 2 is 1.71 bits per heavy atom. The number of hydrogen-bond acceptors (Lipinski definition) is 5. The van der Waals surface area contributed by atoms with Gasteiger partial charge in [0.2, 0.25) is 0 Å². The number of halogens is 2. The molecule has 5 aromatic rings. The van der Waals surface area contributed by atoms with Crippen molar-refractivity contribution >= 4 is 62.9 Å². The number of nitrogens with zero attached hydrogens (tertiary/aromatic N) is 2. The van der Waals surface area contributed by atoms with Crippen LogP contribution >= 0.6 is 23.2 Å². The summed E-state index contributed by atoms with van der Waals surface area (Å²) < 4.78 is 5.04. The van der Waals surface area contributed by atoms with Crippen molar-refractivity contribution in [2.24, 2.45) is 5.92 Å². The van der Waals surface area contributed by atoms with Crippen molar-refractivity contribution in [3.05, 3.63) is 146 Å². The molecule has 51 heavy (non-hydrogen) atoms. The number of benzene rings is 4. The monoisotopic (exact) mass is 716 g/mol. The number of methoxy groups -OCH3 is 1. The molecule has 8 rings (SSSR count). The van der Waals surface area contributed by atoms with Crippen LogP contribution in [0.1, 0.15) is 80.9 Å². The minimum absolute atomic E-state index is 0.146. The highest BCUT2D eigenvalue weighted by atomic mass is 35.5. The molecule has 2 N–H and O–H groups in total. The molecule has 0 saturated carbocycles. The van der Waals surface area contributed by atoms with Crippen LogP contribution in [0, 0.1) is 5.92 Å². The lowest BCUT2D eigenvalue weighted by Crippen LogP contribution is -2.29. The summed E-state index contributed by atoms with van der Waals surface area (Å²) >= 11 is 13.2. The summed E-state index contributed by atoms with van der Waals surface area (Å²) in [7, 11) is 1.36. The van der Waals surface area contributed by atoms with Crippen LogP contribution in [0.5, 0.6) is 0 Å². The first-order chi connectivity index (χ1) is 24.8. The topological polar surface area (TPSA) is 77.7 Å². The van der Waals surface area contributed by atoms with Crippen LogP contribution < -0.4 is 5.32 Å². The number of H-pyrrole nitrogens is 1. The lowest BCUT2D eigenvalue weighted by molar-refractivity contribution is 0.0600. The number of amides is 1. The molecule has 1 amide bonds. The van der Waals surface area contributed by atoms with Crippen molar-refractivity contribution in [3.8, 4) is 0 Å². The van der Waals surface area contributed by atoms with E-state index in [9.17, 15) is 9.59 Å². The average Bonchev–Trinajstić information content (AvgIpc) is 3.75. The first-order valence-electron chi connectivity index (χ1n) is 17.4. The third kappa shape index (κ3) is 6.13. The second kappa shape index (κ2) is 13.7. The van der Waals surface area contributed by atoms with Gasteiger partial charge >= 0.3 is 5.97 Å². The number of allylic oxidation sites excluding steroid dienone is 2. The smallest absolute Gasteiger partial charge is 0.337 e. The Labute approximate surface area is 307 Å². The van der Waals surface area contributed by atoms with Crippen LogP contribution in [0.25, 0.3) is 22.2 Å². The highest BCUT2D eigenvalue weighted by molar-refractivity contribution is 6.32. The quantitative estimate of drug-likeness (QED) is 0.164. The minimum Gasteiger partial charge on any atom is -0.465 e. The first kappa shape index (κ1) is 33.3. The summed E-state index contributed by atoms with van der Waals surface area (Å²) in [6, 6.07) is 27.4. The molecule has 258 valence electrons. The molecule has 3 aliphatic rings. The van der Waals surface area contributed by atoms with Crippen molar-refractivity contribution in [1.29, 1.82) is 0 Å². The molecule has 2 unspecified atom stereocenters. The second-order valence-electron chi connectivity index (χ2n) is 13.6. The molecule has 0 spiro atoms. The number of hydrogen-bond donors (Lipinski definition) is 2. The van der Waals surface area contributed by atoms with Gasteiger partial charge in [-0.3, -0.25) is 9.69 Å². The molecule has 4 aromatic carbocycles. The SMILES string of the molecule is COC(=O)c1ccc(CN2CCCC2)c(NC(=O)c2[nH]c3cc(Cl)cc4c3c2C2=C(c3ccccc3)C(C)CC=CN2C4c2ccc(Cl)cc2)c1. The number of rotatable bonds is 7. The van der Waals surface area contributed by atoms with E-state index >= 15 is 0 Å². The van der Waals surface area contributed by atoms with Gasteiger partial charge in [-0.2, -0.15) is 0 Å². The van der Waals surface area contributed by atoms with Crippen LogP contribution in [0.4, 0.5) is 5.69 Å². The van der Waals surface area contributed by atoms with Gasteiger partial charge in [0.15, 0.2) is 0 Å². The van der Waals surface area contributed by atoms with Gasteiger partial charge in [-0.25, -0.2) is 4.79 Å². The lowest BCUT2D eigenvalue weighted by Gasteiger charge is -2.39. The molecule has 2 atom stereocenters. The molecular weight excluding hydrogens is 679 g/mol. The van der Waals surface area contributed by atoms with E-state index in [2.05, 4.69) is 75.7 Å². The fourth-order valence-electron chi connectivity index (χ4n) is 7.99.